The fourth-order valence-corrected chi connectivity index (χ4v) is 4.00. The van der Waals surface area contributed by atoms with Gasteiger partial charge in [0.15, 0.2) is 0 Å². The fraction of sp³-hybridized carbons (Fsp3) is 0.391. The molecular formula is C23H28ClFN2O2S. The van der Waals surface area contributed by atoms with E-state index in [0.717, 1.165) is 11.1 Å². The Labute approximate surface area is 187 Å². The van der Waals surface area contributed by atoms with E-state index in [1.807, 2.05) is 45.0 Å². The predicted octanol–water partition coefficient (Wildman–Crippen LogP) is 5.04. The zero-order valence-electron chi connectivity index (χ0n) is 17.5. The van der Waals surface area contributed by atoms with Gasteiger partial charge in [0.05, 0.1) is 5.75 Å². The molecule has 0 aliphatic rings. The van der Waals surface area contributed by atoms with Crippen molar-refractivity contribution in [1.29, 1.82) is 0 Å². The molecule has 0 aromatic heterocycles. The van der Waals surface area contributed by atoms with Gasteiger partial charge in [-0.1, -0.05) is 42.8 Å². The van der Waals surface area contributed by atoms with Gasteiger partial charge >= 0.3 is 0 Å². The van der Waals surface area contributed by atoms with Gasteiger partial charge in [0, 0.05) is 23.4 Å². The molecule has 0 saturated carbocycles. The number of nitrogens with one attached hydrogen (secondary N) is 1. The maximum absolute atomic E-state index is 13.3. The van der Waals surface area contributed by atoms with Crippen LogP contribution in [0.25, 0.3) is 0 Å². The molecule has 162 valence electrons. The Kier molecular flexibility index (Phi) is 9.66. The number of carbonyl (C=O) groups excluding carboxylic acids is 2. The highest BCUT2D eigenvalue weighted by molar-refractivity contribution is 7.99. The van der Waals surface area contributed by atoms with Gasteiger partial charge < -0.3 is 10.2 Å². The van der Waals surface area contributed by atoms with E-state index in [4.69, 9.17) is 11.6 Å². The quantitative estimate of drug-likeness (QED) is 0.551. The van der Waals surface area contributed by atoms with E-state index < -0.39 is 6.04 Å². The Hall–Kier alpha value is -2.05. The van der Waals surface area contributed by atoms with Crippen molar-refractivity contribution in [2.75, 3.05) is 5.75 Å². The van der Waals surface area contributed by atoms with Crippen LogP contribution in [0.2, 0.25) is 5.02 Å². The summed E-state index contributed by atoms with van der Waals surface area (Å²) in [5.74, 6) is 0.284. The molecule has 2 rings (SSSR count). The average Bonchev–Trinajstić information content (AvgIpc) is 2.70. The zero-order valence-corrected chi connectivity index (χ0v) is 19.1. The predicted molar refractivity (Wildman–Crippen MR) is 122 cm³/mol. The van der Waals surface area contributed by atoms with E-state index in [1.165, 1.54) is 23.9 Å². The Morgan fingerprint density at radius 1 is 1.07 bits per heavy atom. The highest BCUT2D eigenvalue weighted by Crippen LogP contribution is 2.19. The zero-order chi connectivity index (χ0) is 22.1. The smallest absolute Gasteiger partial charge is 0.243 e. The molecule has 0 aliphatic carbocycles. The van der Waals surface area contributed by atoms with Gasteiger partial charge in [-0.05, 0) is 55.7 Å². The fourth-order valence-electron chi connectivity index (χ4n) is 3.01. The van der Waals surface area contributed by atoms with Crippen LogP contribution in [0.15, 0.2) is 48.5 Å². The Bertz CT molecular complexity index is 828. The van der Waals surface area contributed by atoms with Crippen molar-refractivity contribution in [3.8, 4) is 0 Å². The van der Waals surface area contributed by atoms with Gasteiger partial charge in [0.25, 0.3) is 0 Å². The van der Waals surface area contributed by atoms with Gasteiger partial charge in [0.2, 0.25) is 11.8 Å². The van der Waals surface area contributed by atoms with Crippen LogP contribution in [-0.2, 0) is 21.9 Å². The van der Waals surface area contributed by atoms with Crippen molar-refractivity contribution < 1.29 is 14.0 Å². The second kappa shape index (κ2) is 12.0. The molecule has 2 aromatic carbocycles. The lowest BCUT2D eigenvalue weighted by Gasteiger charge is -2.31. The monoisotopic (exact) mass is 450 g/mol. The van der Waals surface area contributed by atoms with E-state index in [1.54, 1.807) is 17.0 Å². The largest absolute Gasteiger partial charge is 0.352 e. The van der Waals surface area contributed by atoms with Crippen LogP contribution in [0.3, 0.4) is 0 Å². The van der Waals surface area contributed by atoms with Gasteiger partial charge in [-0.2, -0.15) is 0 Å². The number of benzene rings is 2. The van der Waals surface area contributed by atoms with Crippen molar-refractivity contribution in [3.63, 3.8) is 0 Å². The first kappa shape index (κ1) is 24.2. The molecule has 0 spiro atoms. The molecule has 2 aromatic rings. The first-order valence-electron chi connectivity index (χ1n) is 9.96. The summed E-state index contributed by atoms with van der Waals surface area (Å²) in [6, 6.07) is 12.9. The molecule has 0 saturated heterocycles. The van der Waals surface area contributed by atoms with Crippen LogP contribution >= 0.6 is 23.4 Å². The van der Waals surface area contributed by atoms with Crippen LogP contribution in [0, 0.1) is 5.82 Å². The molecule has 7 heteroatoms. The second-order valence-corrected chi connectivity index (χ2v) is 8.78. The van der Waals surface area contributed by atoms with Crippen LogP contribution in [0.1, 0.15) is 38.3 Å². The minimum absolute atomic E-state index is 0.0198. The van der Waals surface area contributed by atoms with Crippen LogP contribution in [0.5, 0.6) is 0 Å². The summed E-state index contributed by atoms with van der Waals surface area (Å²) in [7, 11) is 0. The van der Waals surface area contributed by atoms with E-state index in [9.17, 15) is 14.0 Å². The molecule has 1 N–H and O–H groups in total. The second-order valence-electron chi connectivity index (χ2n) is 7.35. The minimum atomic E-state index is -0.582. The molecular weight excluding hydrogens is 423 g/mol. The summed E-state index contributed by atoms with van der Waals surface area (Å²) in [5, 5.41) is 3.57. The Morgan fingerprint density at radius 2 is 1.67 bits per heavy atom. The average molecular weight is 451 g/mol. The molecule has 1 atom stereocenters. The van der Waals surface area contributed by atoms with Crippen molar-refractivity contribution in [1.82, 2.24) is 10.2 Å². The molecule has 30 heavy (non-hydrogen) atoms. The number of amides is 2. The van der Waals surface area contributed by atoms with E-state index in [-0.39, 0.29) is 36.0 Å². The molecule has 0 radical (unpaired) electrons. The number of hydrogen-bond donors (Lipinski definition) is 1. The maximum Gasteiger partial charge on any atom is 0.243 e. The number of halogens is 2. The van der Waals surface area contributed by atoms with Gasteiger partial charge in [0.1, 0.15) is 11.9 Å². The van der Waals surface area contributed by atoms with Crippen LogP contribution < -0.4 is 5.32 Å². The molecule has 0 aliphatic heterocycles. The van der Waals surface area contributed by atoms with Gasteiger partial charge in [-0.15, -0.1) is 11.8 Å². The number of rotatable bonds is 10. The molecule has 0 fully saturated rings. The topological polar surface area (TPSA) is 49.4 Å². The lowest BCUT2D eigenvalue weighted by atomic mass is 10.1. The van der Waals surface area contributed by atoms with Crippen molar-refractivity contribution >= 4 is 35.2 Å². The minimum Gasteiger partial charge on any atom is -0.352 e. The highest BCUT2D eigenvalue weighted by atomic mass is 35.5. The van der Waals surface area contributed by atoms with Gasteiger partial charge in [-0.25, -0.2) is 4.39 Å². The summed E-state index contributed by atoms with van der Waals surface area (Å²) in [6.07, 6.45) is 0.493. The molecule has 2 amide bonds. The summed E-state index contributed by atoms with van der Waals surface area (Å²) in [6.45, 7) is 5.92. The first-order valence-corrected chi connectivity index (χ1v) is 11.5. The Balaban J connectivity index is 2.11. The number of hydrogen-bond acceptors (Lipinski definition) is 3. The summed E-state index contributed by atoms with van der Waals surface area (Å²) in [5.41, 5.74) is 1.86. The van der Waals surface area contributed by atoms with Crippen molar-refractivity contribution in [3.05, 3.63) is 70.5 Å². The lowest BCUT2D eigenvalue weighted by molar-refractivity contribution is -0.139. The first-order chi connectivity index (χ1) is 14.3. The van der Waals surface area contributed by atoms with Crippen molar-refractivity contribution in [2.24, 2.45) is 0 Å². The van der Waals surface area contributed by atoms with E-state index >= 15 is 0 Å². The number of nitrogens with zero attached hydrogens (tertiary/aromatic N) is 1. The molecule has 4 nitrogen and oxygen atoms in total. The Morgan fingerprint density at radius 3 is 2.23 bits per heavy atom. The van der Waals surface area contributed by atoms with Crippen LogP contribution in [-0.4, -0.2) is 34.6 Å². The third-order valence-electron chi connectivity index (χ3n) is 4.49. The molecule has 1 unspecified atom stereocenters. The molecule has 0 heterocycles. The molecule has 0 bridgehead atoms. The lowest BCUT2D eigenvalue weighted by Crippen LogP contribution is -2.50. The normalized spacial score (nSPS) is 11.9. The van der Waals surface area contributed by atoms with E-state index in [0.29, 0.717) is 17.2 Å². The highest BCUT2D eigenvalue weighted by Gasteiger charge is 2.28. The third-order valence-corrected chi connectivity index (χ3v) is 5.73. The van der Waals surface area contributed by atoms with Crippen molar-refractivity contribution in [2.45, 2.75) is 51.6 Å². The van der Waals surface area contributed by atoms with Crippen LogP contribution in [0.4, 0.5) is 4.39 Å². The number of carbonyl (C=O) groups is 2. The number of thioether (sulfide) groups is 1. The van der Waals surface area contributed by atoms with Gasteiger partial charge in [-0.3, -0.25) is 9.59 Å². The summed E-state index contributed by atoms with van der Waals surface area (Å²) >= 11 is 7.40. The summed E-state index contributed by atoms with van der Waals surface area (Å²) in [4.78, 5) is 27.4. The SMILES string of the molecule is CCC(C(=O)NC(C)C)N(Cc1ccc(F)cc1)C(=O)CSCc1ccc(Cl)cc1. The maximum atomic E-state index is 13.3. The van der Waals surface area contributed by atoms with E-state index in [2.05, 4.69) is 5.32 Å². The summed E-state index contributed by atoms with van der Waals surface area (Å²) < 4.78 is 13.3. The standard InChI is InChI=1S/C23H28ClFN2O2S/c1-4-21(23(29)26-16(2)3)27(13-17-7-11-20(25)12-8-17)22(28)15-30-14-18-5-9-19(24)10-6-18/h5-12,16,21H,4,13-15H2,1-3H3,(H,26,29). The third kappa shape index (κ3) is 7.65.